The zero-order chi connectivity index (χ0) is 16.5. The summed E-state index contributed by atoms with van der Waals surface area (Å²) in [6.07, 6.45) is 3.40. The van der Waals surface area contributed by atoms with Crippen LogP contribution in [0.1, 0.15) is 10.5 Å². The van der Waals surface area contributed by atoms with Gasteiger partial charge in [0, 0.05) is 13.2 Å². The van der Waals surface area contributed by atoms with Crippen LogP contribution in [0.5, 0.6) is 5.75 Å². The van der Waals surface area contributed by atoms with Gasteiger partial charge >= 0.3 is 0 Å². The van der Waals surface area contributed by atoms with Crippen molar-refractivity contribution in [2.45, 2.75) is 6.10 Å². The van der Waals surface area contributed by atoms with Gasteiger partial charge in [-0.3, -0.25) is 14.5 Å². The average molecular weight is 340 g/mol. The van der Waals surface area contributed by atoms with E-state index in [1.54, 1.807) is 40.4 Å². The molecule has 4 heterocycles. The van der Waals surface area contributed by atoms with Crippen LogP contribution < -0.4 is 4.74 Å². The third-order valence-corrected chi connectivity index (χ3v) is 4.84. The summed E-state index contributed by atoms with van der Waals surface area (Å²) in [4.78, 5) is 19.5. The Morgan fingerprint density at radius 2 is 2.21 bits per heavy atom. The molecule has 0 saturated carbocycles. The SMILES string of the molecule is Cn1nc(-c2cccs2)cc1C(=O)N1CC(Oc2cccnc2)C1. The number of likely N-dealkylation sites (tertiary alicyclic amines) is 1. The Kier molecular flexibility index (Phi) is 3.78. The molecule has 1 aliphatic rings. The number of amides is 1. The molecule has 4 rings (SSSR count). The standard InChI is InChI=1S/C17H16N4O2S/c1-20-15(8-14(19-20)16-5-3-7-24-16)17(22)21-10-13(11-21)23-12-4-2-6-18-9-12/h2-9,13H,10-11H2,1H3. The van der Waals surface area contributed by atoms with Crippen molar-refractivity contribution in [3.63, 3.8) is 0 Å². The molecule has 0 bridgehead atoms. The van der Waals surface area contributed by atoms with Crippen molar-refractivity contribution in [2.75, 3.05) is 13.1 Å². The summed E-state index contributed by atoms with van der Waals surface area (Å²) in [7, 11) is 1.80. The lowest BCUT2D eigenvalue weighted by Crippen LogP contribution is -2.56. The lowest BCUT2D eigenvalue weighted by Gasteiger charge is -2.38. The predicted octanol–water partition coefficient (Wildman–Crippen LogP) is 2.45. The summed E-state index contributed by atoms with van der Waals surface area (Å²) < 4.78 is 7.43. The highest BCUT2D eigenvalue weighted by Gasteiger charge is 2.34. The van der Waals surface area contributed by atoms with Gasteiger partial charge in [0.1, 0.15) is 23.2 Å². The van der Waals surface area contributed by atoms with Crippen molar-refractivity contribution in [1.82, 2.24) is 19.7 Å². The van der Waals surface area contributed by atoms with Crippen LogP contribution in [0.4, 0.5) is 0 Å². The molecule has 1 amide bonds. The van der Waals surface area contributed by atoms with Gasteiger partial charge in [-0.25, -0.2) is 0 Å². The molecule has 3 aromatic heterocycles. The van der Waals surface area contributed by atoms with Gasteiger partial charge < -0.3 is 9.64 Å². The molecule has 0 aromatic carbocycles. The first-order valence-electron chi connectivity index (χ1n) is 7.64. The molecular formula is C17H16N4O2S. The summed E-state index contributed by atoms with van der Waals surface area (Å²) in [5.74, 6) is 0.717. The largest absolute Gasteiger partial charge is 0.485 e. The highest BCUT2D eigenvalue weighted by atomic mass is 32.1. The van der Waals surface area contributed by atoms with E-state index in [4.69, 9.17) is 4.74 Å². The Hall–Kier alpha value is -2.67. The summed E-state index contributed by atoms with van der Waals surface area (Å²) in [6.45, 7) is 1.15. The van der Waals surface area contributed by atoms with Crippen LogP contribution in [0.2, 0.25) is 0 Å². The maximum Gasteiger partial charge on any atom is 0.272 e. The number of aryl methyl sites for hydroxylation is 1. The smallest absolute Gasteiger partial charge is 0.272 e. The van der Waals surface area contributed by atoms with E-state index in [1.165, 1.54) is 0 Å². The van der Waals surface area contributed by atoms with E-state index in [-0.39, 0.29) is 12.0 Å². The number of carbonyl (C=O) groups is 1. The minimum Gasteiger partial charge on any atom is -0.485 e. The summed E-state index contributed by atoms with van der Waals surface area (Å²) in [5.41, 5.74) is 1.43. The minimum atomic E-state index is -0.0150. The van der Waals surface area contributed by atoms with Gasteiger partial charge in [0.2, 0.25) is 0 Å². The van der Waals surface area contributed by atoms with Crippen LogP contribution >= 0.6 is 11.3 Å². The topological polar surface area (TPSA) is 60.2 Å². The quantitative estimate of drug-likeness (QED) is 0.732. The molecule has 0 spiro atoms. The lowest BCUT2D eigenvalue weighted by molar-refractivity contribution is 0.0168. The fourth-order valence-electron chi connectivity index (χ4n) is 2.66. The third kappa shape index (κ3) is 2.78. The molecule has 6 nitrogen and oxygen atoms in total. The summed E-state index contributed by atoms with van der Waals surface area (Å²) in [6, 6.07) is 9.53. The highest BCUT2D eigenvalue weighted by molar-refractivity contribution is 7.13. The molecule has 24 heavy (non-hydrogen) atoms. The van der Waals surface area contributed by atoms with Crippen molar-refractivity contribution in [2.24, 2.45) is 7.05 Å². The first kappa shape index (κ1) is 14.9. The Morgan fingerprint density at radius 1 is 1.33 bits per heavy atom. The maximum atomic E-state index is 12.6. The maximum absolute atomic E-state index is 12.6. The zero-order valence-corrected chi connectivity index (χ0v) is 13.9. The Balaban J connectivity index is 1.41. The molecule has 0 N–H and O–H groups in total. The van der Waals surface area contributed by atoms with Gasteiger partial charge in [0.15, 0.2) is 0 Å². The van der Waals surface area contributed by atoms with Crippen LogP contribution in [0.15, 0.2) is 48.1 Å². The summed E-state index contributed by atoms with van der Waals surface area (Å²) >= 11 is 1.61. The van der Waals surface area contributed by atoms with E-state index in [2.05, 4.69) is 10.1 Å². The van der Waals surface area contributed by atoms with E-state index >= 15 is 0 Å². The predicted molar refractivity (Wildman–Crippen MR) is 91.1 cm³/mol. The molecule has 1 saturated heterocycles. The Labute approximate surface area is 143 Å². The molecule has 1 aliphatic heterocycles. The Bertz CT molecular complexity index is 839. The van der Waals surface area contributed by atoms with E-state index in [9.17, 15) is 4.79 Å². The van der Waals surface area contributed by atoms with E-state index in [0.29, 0.717) is 18.8 Å². The van der Waals surface area contributed by atoms with Crippen LogP contribution in [0, 0.1) is 0 Å². The van der Waals surface area contributed by atoms with Gasteiger partial charge in [-0.05, 0) is 29.6 Å². The number of hydrogen-bond acceptors (Lipinski definition) is 5. The van der Waals surface area contributed by atoms with Crippen LogP contribution in [0.3, 0.4) is 0 Å². The van der Waals surface area contributed by atoms with Crippen LogP contribution in [-0.4, -0.2) is 44.8 Å². The molecule has 0 aliphatic carbocycles. The molecule has 7 heteroatoms. The molecular weight excluding hydrogens is 324 g/mol. The van der Waals surface area contributed by atoms with Crippen LogP contribution in [0.25, 0.3) is 10.6 Å². The van der Waals surface area contributed by atoms with Gasteiger partial charge in [0.25, 0.3) is 5.91 Å². The second-order valence-electron chi connectivity index (χ2n) is 5.65. The van der Waals surface area contributed by atoms with Gasteiger partial charge in [-0.15, -0.1) is 11.3 Å². The minimum absolute atomic E-state index is 0.0150. The fraction of sp³-hybridized carbons (Fsp3) is 0.235. The van der Waals surface area contributed by atoms with E-state index in [1.807, 2.05) is 35.7 Å². The number of rotatable bonds is 4. The average Bonchev–Trinajstić information content (AvgIpc) is 3.20. The number of nitrogens with zero attached hydrogens (tertiary/aromatic N) is 4. The first-order chi connectivity index (χ1) is 11.7. The van der Waals surface area contributed by atoms with Crippen molar-refractivity contribution in [1.29, 1.82) is 0 Å². The molecule has 0 atom stereocenters. The van der Waals surface area contributed by atoms with Crippen molar-refractivity contribution in [3.8, 4) is 16.3 Å². The monoisotopic (exact) mass is 340 g/mol. The van der Waals surface area contributed by atoms with E-state index < -0.39 is 0 Å². The van der Waals surface area contributed by atoms with Crippen LogP contribution in [-0.2, 0) is 7.05 Å². The van der Waals surface area contributed by atoms with Gasteiger partial charge in [-0.2, -0.15) is 5.10 Å². The van der Waals surface area contributed by atoms with Crippen molar-refractivity contribution >= 4 is 17.2 Å². The number of ether oxygens (including phenoxy) is 1. The molecule has 3 aromatic rings. The van der Waals surface area contributed by atoms with Gasteiger partial charge in [-0.1, -0.05) is 6.07 Å². The highest BCUT2D eigenvalue weighted by Crippen LogP contribution is 2.25. The van der Waals surface area contributed by atoms with E-state index in [0.717, 1.165) is 16.3 Å². The number of thiophene rings is 1. The van der Waals surface area contributed by atoms with Crippen molar-refractivity contribution < 1.29 is 9.53 Å². The fourth-order valence-corrected chi connectivity index (χ4v) is 3.34. The second-order valence-corrected chi connectivity index (χ2v) is 6.60. The molecule has 122 valence electrons. The molecule has 0 unspecified atom stereocenters. The number of carbonyl (C=O) groups excluding carboxylic acids is 1. The van der Waals surface area contributed by atoms with Crippen molar-refractivity contribution in [3.05, 3.63) is 53.8 Å². The third-order valence-electron chi connectivity index (χ3n) is 3.94. The number of pyridine rings is 1. The second kappa shape index (κ2) is 6.09. The normalized spacial score (nSPS) is 14.5. The number of aromatic nitrogens is 3. The molecule has 1 fully saturated rings. The first-order valence-corrected chi connectivity index (χ1v) is 8.52. The molecule has 0 radical (unpaired) electrons. The summed E-state index contributed by atoms with van der Waals surface area (Å²) in [5, 5.41) is 6.44. The zero-order valence-electron chi connectivity index (χ0n) is 13.1. The number of hydrogen-bond donors (Lipinski definition) is 0. The van der Waals surface area contributed by atoms with Gasteiger partial charge in [0.05, 0.1) is 24.2 Å². The lowest BCUT2D eigenvalue weighted by atomic mass is 10.1. The Morgan fingerprint density at radius 3 is 2.92 bits per heavy atom.